The summed E-state index contributed by atoms with van der Waals surface area (Å²) in [5, 5.41) is 0. The van der Waals surface area contributed by atoms with Crippen molar-refractivity contribution in [1.29, 1.82) is 0 Å². The van der Waals surface area contributed by atoms with E-state index in [1.165, 1.54) is 6.92 Å². The number of rotatable bonds is 3. The van der Waals surface area contributed by atoms with Gasteiger partial charge in [0.05, 0.1) is 0 Å². The molecule has 182 valence electrons. The van der Waals surface area contributed by atoms with E-state index in [-0.39, 0.29) is 34.6 Å². The third-order valence-corrected chi connectivity index (χ3v) is 10.6. The fraction of sp³-hybridized carbons (Fsp3) is 0.870. The molecule has 0 spiro atoms. The number of fused-ring (bicyclic) bond motifs is 5. The first-order chi connectivity index (χ1) is 14.6. The zero-order valence-electron chi connectivity index (χ0n) is 19.1. The van der Waals surface area contributed by atoms with Crippen molar-refractivity contribution in [3.63, 3.8) is 0 Å². The van der Waals surface area contributed by atoms with E-state index < -0.39 is 21.0 Å². The molecule has 3 fully saturated rings. The Morgan fingerprint density at radius 3 is 2.38 bits per heavy atom. The first-order valence-electron chi connectivity index (χ1n) is 11.5. The van der Waals surface area contributed by atoms with Gasteiger partial charge in [-0.05, 0) is 86.0 Å². The molecular weight excluding hydrogens is 445 g/mol. The lowest BCUT2D eigenvalue weighted by Crippen LogP contribution is -2.58. The fourth-order valence-corrected chi connectivity index (χ4v) is 8.33. The minimum atomic E-state index is -5.67. The molecule has 0 amide bonds. The van der Waals surface area contributed by atoms with Crippen LogP contribution in [0, 0.1) is 34.0 Å². The van der Waals surface area contributed by atoms with Crippen LogP contribution in [0.3, 0.4) is 0 Å². The molecule has 0 saturated heterocycles. The van der Waals surface area contributed by atoms with E-state index >= 15 is 0 Å². The van der Waals surface area contributed by atoms with E-state index in [4.69, 9.17) is 4.74 Å². The van der Waals surface area contributed by atoms with Crippen LogP contribution in [0.15, 0.2) is 11.8 Å². The quantitative estimate of drug-likeness (QED) is 0.295. The van der Waals surface area contributed by atoms with Gasteiger partial charge in [-0.2, -0.15) is 21.6 Å². The Bertz CT molecular complexity index is 928. The van der Waals surface area contributed by atoms with Gasteiger partial charge in [0.1, 0.15) is 11.9 Å². The summed E-state index contributed by atoms with van der Waals surface area (Å²) in [7, 11) is -5.67. The van der Waals surface area contributed by atoms with E-state index in [2.05, 4.69) is 18.0 Å². The predicted molar refractivity (Wildman–Crippen MR) is 111 cm³/mol. The van der Waals surface area contributed by atoms with Crippen LogP contribution in [0.2, 0.25) is 0 Å². The molecule has 4 aliphatic carbocycles. The lowest BCUT2D eigenvalue weighted by molar-refractivity contribution is -0.180. The van der Waals surface area contributed by atoms with Crippen molar-refractivity contribution in [3.8, 4) is 0 Å². The first kappa shape index (κ1) is 23.9. The Balaban J connectivity index is 1.55. The van der Waals surface area contributed by atoms with E-state index in [9.17, 15) is 26.4 Å². The van der Waals surface area contributed by atoms with Crippen molar-refractivity contribution in [1.82, 2.24) is 0 Å². The topological polar surface area (TPSA) is 69.7 Å². The molecule has 0 bridgehead atoms. The summed E-state index contributed by atoms with van der Waals surface area (Å²) in [6.07, 6.45) is 8.02. The highest BCUT2D eigenvalue weighted by Gasteiger charge is 2.63. The second-order valence-electron chi connectivity index (χ2n) is 11.1. The summed E-state index contributed by atoms with van der Waals surface area (Å²) in [5.41, 5.74) is -6.04. The van der Waals surface area contributed by atoms with Crippen LogP contribution < -0.4 is 0 Å². The van der Waals surface area contributed by atoms with Crippen LogP contribution >= 0.6 is 0 Å². The molecule has 0 heterocycles. The van der Waals surface area contributed by atoms with Crippen LogP contribution in [-0.4, -0.2) is 26.0 Å². The maximum Gasteiger partial charge on any atom is 0.534 e. The fourth-order valence-electron chi connectivity index (χ4n) is 7.75. The van der Waals surface area contributed by atoms with Crippen LogP contribution in [0.1, 0.15) is 79.1 Å². The third-order valence-electron chi connectivity index (χ3n) is 9.65. The van der Waals surface area contributed by atoms with Gasteiger partial charge in [0.25, 0.3) is 0 Å². The highest BCUT2D eigenvalue weighted by molar-refractivity contribution is 7.87. The average Bonchev–Trinajstić information content (AvgIpc) is 2.97. The van der Waals surface area contributed by atoms with Crippen molar-refractivity contribution >= 4 is 16.1 Å². The molecule has 4 aliphatic rings. The second kappa shape index (κ2) is 7.37. The lowest BCUT2D eigenvalue weighted by atomic mass is 9.40. The number of hydrogen-bond donors (Lipinski definition) is 0. The van der Waals surface area contributed by atoms with E-state index in [0.717, 1.165) is 38.5 Å². The molecule has 0 aromatic rings. The van der Waals surface area contributed by atoms with Crippen molar-refractivity contribution < 1.29 is 35.3 Å². The van der Waals surface area contributed by atoms with Gasteiger partial charge in [0.2, 0.25) is 0 Å². The van der Waals surface area contributed by atoms with E-state index in [1.807, 2.05) is 6.92 Å². The molecule has 0 aromatic carbocycles. The maximum atomic E-state index is 12.9. The van der Waals surface area contributed by atoms with Crippen LogP contribution in [-0.2, 0) is 23.8 Å². The highest BCUT2D eigenvalue weighted by atomic mass is 32.2. The summed E-state index contributed by atoms with van der Waals surface area (Å²) >= 11 is 0. The summed E-state index contributed by atoms with van der Waals surface area (Å²) < 4.78 is 72.3. The number of hydrogen-bond acceptors (Lipinski definition) is 5. The maximum absolute atomic E-state index is 12.9. The molecule has 3 saturated carbocycles. The van der Waals surface area contributed by atoms with Gasteiger partial charge in [0.15, 0.2) is 0 Å². The number of esters is 1. The van der Waals surface area contributed by atoms with Gasteiger partial charge >= 0.3 is 21.6 Å². The minimum absolute atomic E-state index is 0.0321. The predicted octanol–water partition coefficient (Wildman–Crippen LogP) is 5.71. The molecule has 9 heteroatoms. The van der Waals surface area contributed by atoms with Crippen LogP contribution in [0.5, 0.6) is 0 Å². The average molecular weight is 479 g/mol. The van der Waals surface area contributed by atoms with Crippen LogP contribution in [0.4, 0.5) is 13.2 Å². The SMILES string of the molecule is CC(=O)O[C@H]1CC[C@]2(C)C3CC[C@]4(C)C(OS(=O)(=O)C(F)(F)F)=CCC4C3CC[C@@]2(C)C1. The number of halogens is 3. The van der Waals surface area contributed by atoms with Gasteiger partial charge in [0, 0.05) is 12.3 Å². The summed E-state index contributed by atoms with van der Waals surface area (Å²) in [4.78, 5) is 11.5. The number of ether oxygens (including phenoxy) is 1. The highest BCUT2D eigenvalue weighted by Crippen LogP contribution is 2.70. The molecule has 0 N–H and O–H groups in total. The Kier molecular flexibility index (Phi) is 5.51. The molecule has 32 heavy (non-hydrogen) atoms. The normalized spacial score (nSPS) is 44.0. The van der Waals surface area contributed by atoms with Gasteiger partial charge < -0.3 is 8.92 Å². The Hall–Kier alpha value is -1.25. The van der Waals surface area contributed by atoms with Crippen molar-refractivity contribution in [2.45, 2.75) is 90.7 Å². The van der Waals surface area contributed by atoms with Gasteiger partial charge in [-0.25, -0.2) is 0 Å². The summed E-state index contributed by atoms with van der Waals surface area (Å²) in [6, 6.07) is 0. The third kappa shape index (κ3) is 3.48. The van der Waals surface area contributed by atoms with Crippen molar-refractivity contribution in [3.05, 3.63) is 11.8 Å². The first-order valence-corrected chi connectivity index (χ1v) is 12.9. The molecule has 7 atom stereocenters. The standard InChI is InChI=1S/C23H33F3O5S/c1-14(27)30-15-7-12-22(4)18-9-11-21(3)17(16(18)8-10-20(22,2)13-15)5-6-19(21)31-32(28,29)23(24,25)26/h6,15-18H,5,7-13H2,1-4H3/t15-,16?,17?,18?,20-,21-,22+/m0/s1. The zero-order valence-corrected chi connectivity index (χ0v) is 19.9. The van der Waals surface area contributed by atoms with E-state index in [1.54, 1.807) is 6.08 Å². The number of carbonyl (C=O) groups excluding carboxylic acids is 1. The van der Waals surface area contributed by atoms with E-state index in [0.29, 0.717) is 24.7 Å². The Morgan fingerprint density at radius 1 is 1.06 bits per heavy atom. The monoisotopic (exact) mass is 478 g/mol. The van der Waals surface area contributed by atoms with Crippen molar-refractivity contribution in [2.24, 2.45) is 34.0 Å². The largest absolute Gasteiger partial charge is 0.534 e. The number of carbonyl (C=O) groups is 1. The van der Waals surface area contributed by atoms with Gasteiger partial charge in [-0.1, -0.05) is 20.8 Å². The summed E-state index contributed by atoms with van der Waals surface area (Å²) in [6.45, 7) is 7.95. The molecule has 0 radical (unpaired) electrons. The molecular formula is C23H33F3O5S. The Labute approximate surface area is 188 Å². The molecule has 0 aromatic heterocycles. The lowest BCUT2D eigenvalue weighted by Gasteiger charge is -2.65. The van der Waals surface area contributed by atoms with Crippen molar-refractivity contribution in [2.75, 3.05) is 0 Å². The molecule has 0 aliphatic heterocycles. The van der Waals surface area contributed by atoms with Crippen LogP contribution in [0.25, 0.3) is 0 Å². The smallest absolute Gasteiger partial charge is 0.463 e. The Morgan fingerprint density at radius 2 is 1.75 bits per heavy atom. The van der Waals surface area contributed by atoms with Gasteiger partial charge in [-0.3, -0.25) is 4.79 Å². The number of allylic oxidation sites excluding steroid dienone is 2. The van der Waals surface area contributed by atoms with Gasteiger partial charge in [-0.15, -0.1) is 0 Å². The molecule has 5 nitrogen and oxygen atoms in total. The summed E-state index contributed by atoms with van der Waals surface area (Å²) in [5.74, 6) is 0.512. The minimum Gasteiger partial charge on any atom is -0.463 e. The molecule has 3 unspecified atom stereocenters. The molecule has 4 rings (SSSR count). The number of alkyl halides is 3. The zero-order chi connectivity index (χ0) is 23.7. The second-order valence-corrected chi connectivity index (χ2v) is 12.6.